The van der Waals surface area contributed by atoms with Gasteiger partial charge in [-0.1, -0.05) is 17.7 Å². The second-order valence-corrected chi connectivity index (χ2v) is 8.82. The van der Waals surface area contributed by atoms with Crippen LogP contribution >= 0.6 is 35.3 Å². The molecular weight excluding hydrogens is 445 g/mol. The number of ether oxygens (including phenoxy) is 1. The number of piperazine rings is 1. The number of thiophene rings is 1. The summed E-state index contributed by atoms with van der Waals surface area (Å²) in [6, 6.07) is 10.7. The van der Waals surface area contributed by atoms with Crippen LogP contribution in [0, 0.1) is 0 Å². The second kappa shape index (κ2) is 11.0. The minimum Gasteiger partial charge on any atom is -0.478 e. The smallest absolute Gasteiger partial charge is 0.264 e. The quantitative estimate of drug-likeness (QED) is 0.670. The van der Waals surface area contributed by atoms with E-state index < -0.39 is 5.60 Å². The van der Waals surface area contributed by atoms with Crippen molar-refractivity contribution in [2.75, 3.05) is 39.3 Å². The summed E-state index contributed by atoms with van der Waals surface area (Å²) in [7, 11) is 0. The van der Waals surface area contributed by atoms with Crippen LogP contribution < -0.4 is 10.1 Å². The topological polar surface area (TPSA) is 61.9 Å². The van der Waals surface area contributed by atoms with Gasteiger partial charge in [0.05, 0.1) is 4.88 Å². The van der Waals surface area contributed by atoms with Crippen LogP contribution in [0.15, 0.2) is 41.8 Å². The van der Waals surface area contributed by atoms with Crippen LogP contribution in [-0.4, -0.2) is 66.5 Å². The van der Waals surface area contributed by atoms with Gasteiger partial charge in [0.1, 0.15) is 5.75 Å². The Morgan fingerprint density at radius 3 is 2.40 bits per heavy atom. The standard InChI is InChI=1S/C21H26ClN3O3S.ClH/c1-21(2,28-17-7-5-16(22)6-8-17)20(27)23-9-10-24-11-13-25(14-12-24)19(26)18-4-3-15-29-18;/h3-8,15H,9-14H2,1-2H3,(H,23,27);1H. The number of hydrogen-bond acceptors (Lipinski definition) is 5. The summed E-state index contributed by atoms with van der Waals surface area (Å²) in [6.45, 7) is 7.77. The van der Waals surface area contributed by atoms with Crippen LogP contribution in [0.4, 0.5) is 0 Å². The molecule has 0 spiro atoms. The monoisotopic (exact) mass is 471 g/mol. The molecule has 9 heteroatoms. The van der Waals surface area contributed by atoms with Gasteiger partial charge in [0.2, 0.25) is 0 Å². The molecule has 1 saturated heterocycles. The van der Waals surface area contributed by atoms with Gasteiger partial charge in [-0.3, -0.25) is 14.5 Å². The van der Waals surface area contributed by atoms with Crippen molar-refractivity contribution in [3.8, 4) is 5.75 Å². The maximum atomic E-state index is 12.5. The van der Waals surface area contributed by atoms with Gasteiger partial charge in [0.15, 0.2) is 5.60 Å². The van der Waals surface area contributed by atoms with Crippen molar-refractivity contribution >= 4 is 47.2 Å². The fourth-order valence-corrected chi connectivity index (χ4v) is 3.93. The molecule has 1 aliphatic heterocycles. The highest BCUT2D eigenvalue weighted by Crippen LogP contribution is 2.21. The molecule has 0 atom stereocenters. The van der Waals surface area contributed by atoms with Crippen LogP contribution in [0.3, 0.4) is 0 Å². The highest BCUT2D eigenvalue weighted by atomic mass is 35.5. The van der Waals surface area contributed by atoms with Crippen molar-refractivity contribution in [2.24, 2.45) is 0 Å². The number of nitrogens with zero attached hydrogens (tertiary/aromatic N) is 2. The maximum absolute atomic E-state index is 12.5. The normalized spacial score (nSPS) is 14.7. The van der Waals surface area contributed by atoms with Crippen molar-refractivity contribution in [1.82, 2.24) is 15.1 Å². The number of carbonyl (C=O) groups is 2. The zero-order chi connectivity index (χ0) is 20.9. The number of carbonyl (C=O) groups excluding carboxylic acids is 2. The summed E-state index contributed by atoms with van der Waals surface area (Å²) in [5.41, 5.74) is -0.986. The Labute approximate surface area is 192 Å². The fourth-order valence-electron chi connectivity index (χ4n) is 3.11. The molecule has 1 aliphatic rings. The van der Waals surface area contributed by atoms with Gasteiger partial charge in [-0.15, -0.1) is 23.7 Å². The molecule has 0 saturated carbocycles. The predicted molar refractivity (Wildman–Crippen MR) is 123 cm³/mol. The highest BCUT2D eigenvalue weighted by Gasteiger charge is 2.30. The third kappa shape index (κ3) is 6.60. The molecule has 2 amide bonds. The Bertz CT molecular complexity index is 821. The Hall–Kier alpha value is -1.80. The average Bonchev–Trinajstić information content (AvgIpc) is 3.24. The molecule has 2 aromatic rings. The van der Waals surface area contributed by atoms with E-state index in [2.05, 4.69) is 10.2 Å². The minimum absolute atomic E-state index is 0. The van der Waals surface area contributed by atoms with E-state index in [1.807, 2.05) is 22.4 Å². The van der Waals surface area contributed by atoms with Crippen molar-refractivity contribution in [3.63, 3.8) is 0 Å². The van der Waals surface area contributed by atoms with Gasteiger partial charge >= 0.3 is 0 Å². The van der Waals surface area contributed by atoms with E-state index in [0.717, 1.165) is 24.5 Å². The molecule has 0 bridgehead atoms. The Kier molecular flexibility index (Phi) is 8.97. The van der Waals surface area contributed by atoms with Crippen molar-refractivity contribution in [2.45, 2.75) is 19.4 Å². The van der Waals surface area contributed by atoms with Gasteiger partial charge in [-0.25, -0.2) is 0 Å². The molecule has 3 rings (SSSR count). The Morgan fingerprint density at radius 2 is 1.80 bits per heavy atom. The maximum Gasteiger partial charge on any atom is 0.264 e. The fraction of sp³-hybridized carbons (Fsp3) is 0.429. The Morgan fingerprint density at radius 1 is 1.13 bits per heavy atom. The van der Waals surface area contributed by atoms with E-state index in [1.54, 1.807) is 38.1 Å². The van der Waals surface area contributed by atoms with Crippen molar-refractivity contribution < 1.29 is 14.3 Å². The third-order valence-electron chi connectivity index (χ3n) is 4.84. The lowest BCUT2D eigenvalue weighted by Gasteiger charge is -2.34. The lowest BCUT2D eigenvalue weighted by Crippen LogP contribution is -2.52. The summed E-state index contributed by atoms with van der Waals surface area (Å²) in [5, 5.41) is 5.49. The molecule has 0 radical (unpaired) electrons. The van der Waals surface area contributed by atoms with Crippen molar-refractivity contribution in [1.29, 1.82) is 0 Å². The van der Waals surface area contributed by atoms with E-state index in [0.29, 0.717) is 30.4 Å². The van der Waals surface area contributed by atoms with E-state index in [4.69, 9.17) is 16.3 Å². The molecule has 1 aromatic heterocycles. The summed E-state index contributed by atoms with van der Waals surface area (Å²) in [5.74, 6) is 0.536. The molecule has 0 aliphatic carbocycles. The largest absolute Gasteiger partial charge is 0.478 e. The zero-order valence-corrected chi connectivity index (χ0v) is 19.5. The van der Waals surface area contributed by atoms with Crippen LogP contribution in [0.5, 0.6) is 5.75 Å². The number of rotatable bonds is 7. The van der Waals surface area contributed by atoms with Crippen molar-refractivity contribution in [3.05, 3.63) is 51.7 Å². The van der Waals surface area contributed by atoms with Gasteiger partial charge in [-0.2, -0.15) is 0 Å². The van der Waals surface area contributed by atoms with Gasteiger partial charge < -0.3 is 15.0 Å². The molecule has 1 N–H and O–H groups in total. The van der Waals surface area contributed by atoms with E-state index in [1.165, 1.54) is 11.3 Å². The molecular formula is C21H27Cl2N3O3S. The molecule has 2 heterocycles. The first-order valence-electron chi connectivity index (χ1n) is 9.63. The lowest BCUT2D eigenvalue weighted by atomic mass is 10.1. The highest BCUT2D eigenvalue weighted by molar-refractivity contribution is 7.12. The summed E-state index contributed by atoms with van der Waals surface area (Å²) in [6.07, 6.45) is 0. The van der Waals surface area contributed by atoms with Gasteiger partial charge in [0.25, 0.3) is 11.8 Å². The van der Waals surface area contributed by atoms with E-state index >= 15 is 0 Å². The number of benzene rings is 1. The predicted octanol–water partition coefficient (Wildman–Crippen LogP) is 3.55. The average molecular weight is 472 g/mol. The Balaban J connectivity index is 0.00000320. The SMILES string of the molecule is CC(C)(Oc1ccc(Cl)cc1)C(=O)NCCN1CCN(C(=O)c2cccs2)CC1.Cl. The molecule has 164 valence electrons. The summed E-state index contributed by atoms with van der Waals surface area (Å²) < 4.78 is 5.81. The molecule has 1 fully saturated rings. The lowest BCUT2D eigenvalue weighted by molar-refractivity contribution is -0.134. The molecule has 0 unspecified atom stereocenters. The first-order valence-corrected chi connectivity index (χ1v) is 10.9. The number of amides is 2. The van der Waals surface area contributed by atoms with Crippen LogP contribution in [0.2, 0.25) is 5.02 Å². The summed E-state index contributed by atoms with van der Waals surface area (Å²) >= 11 is 7.35. The van der Waals surface area contributed by atoms with Crippen LogP contribution in [0.25, 0.3) is 0 Å². The molecule has 30 heavy (non-hydrogen) atoms. The third-order valence-corrected chi connectivity index (χ3v) is 5.95. The van der Waals surface area contributed by atoms with Gasteiger partial charge in [0, 0.05) is 44.3 Å². The molecule has 6 nitrogen and oxygen atoms in total. The van der Waals surface area contributed by atoms with Gasteiger partial charge in [-0.05, 0) is 49.6 Å². The van der Waals surface area contributed by atoms with E-state index in [9.17, 15) is 9.59 Å². The van der Waals surface area contributed by atoms with Crippen LogP contribution in [0.1, 0.15) is 23.5 Å². The first kappa shape index (κ1) is 24.5. The zero-order valence-electron chi connectivity index (χ0n) is 17.1. The number of halogens is 2. The van der Waals surface area contributed by atoms with E-state index in [-0.39, 0.29) is 24.2 Å². The first-order chi connectivity index (χ1) is 13.8. The number of hydrogen-bond donors (Lipinski definition) is 1. The minimum atomic E-state index is -0.986. The number of nitrogens with one attached hydrogen (secondary N) is 1. The van der Waals surface area contributed by atoms with Crippen LogP contribution in [-0.2, 0) is 4.79 Å². The molecule has 1 aromatic carbocycles. The summed E-state index contributed by atoms with van der Waals surface area (Å²) in [4.78, 5) is 29.8. The second-order valence-electron chi connectivity index (χ2n) is 7.43.